The first-order chi connectivity index (χ1) is 8.78. The number of fused-ring (bicyclic) bond motifs is 1. The second-order valence-electron chi connectivity index (χ2n) is 4.15. The molecule has 1 aromatic heterocycles. The minimum Gasteiger partial charge on any atom is -0.459 e. The van der Waals surface area contributed by atoms with E-state index >= 15 is 0 Å². The summed E-state index contributed by atoms with van der Waals surface area (Å²) in [6.45, 7) is 0.389. The lowest BCUT2D eigenvalue weighted by molar-refractivity contribution is 0.553. The van der Waals surface area contributed by atoms with Crippen LogP contribution in [0.5, 0.6) is 0 Å². The van der Waals surface area contributed by atoms with E-state index in [0.29, 0.717) is 11.6 Å². The van der Waals surface area contributed by atoms with Gasteiger partial charge in [0, 0.05) is 16.0 Å². The Morgan fingerprint density at radius 2 is 1.83 bits per heavy atom. The maximum Gasteiger partial charge on any atom is 0.142 e. The molecule has 0 aliphatic heterocycles. The summed E-state index contributed by atoms with van der Waals surface area (Å²) in [5.41, 5.74) is 8.54. The van der Waals surface area contributed by atoms with E-state index < -0.39 is 0 Å². The van der Waals surface area contributed by atoms with Gasteiger partial charge in [-0.25, -0.2) is 0 Å². The predicted octanol–water partition coefficient (Wildman–Crippen LogP) is 4.21. The van der Waals surface area contributed by atoms with Gasteiger partial charge in [-0.3, -0.25) is 0 Å². The summed E-state index contributed by atoms with van der Waals surface area (Å²) in [4.78, 5) is 0. The van der Waals surface area contributed by atoms with E-state index in [1.807, 2.05) is 48.5 Å². The van der Waals surface area contributed by atoms with Crippen LogP contribution in [0.25, 0.3) is 22.1 Å². The predicted molar refractivity (Wildman–Crippen MR) is 74.6 cm³/mol. The second kappa shape index (κ2) is 4.48. The van der Waals surface area contributed by atoms with Gasteiger partial charge in [-0.1, -0.05) is 41.9 Å². The average Bonchev–Trinajstić information content (AvgIpc) is 2.81. The first kappa shape index (κ1) is 11.3. The molecule has 90 valence electrons. The maximum absolute atomic E-state index is 6.15. The van der Waals surface area contributed by atoms with Gasteiger partial charge in [0.25, 0.3) is 0 Å². The number of halogens is 1. The first-order valence-electron chi connectivity index (χ1n) is 5.75. The van der Waals surface area contributed by atoms with Crippen LogP contribution in [0, 0.1) is 0 Å². The largest absolute Gasteiger partial charge is 0.459 e. The zero-order valence-electron chi connectivity index (χ0n) is 9.69. The Bertz CT molecular complexity index is 688. The third-order valence-corrected chi connectivity index (χ3v) is 3.14. The number of rotatable bonds is 2. The summed E-state index contributed by atoms with van der Waals surface area (Å²) < 4.78 is 5.77. The second-order valence-corrected chi connectivity index (χ2v) is 4.59. The molecular formula is C15H12ClNO. The van der Waals surface area contributed by atoms with E-state index in [4.69, 9.17) is 21.8 Å². The minimum absolute atomic E-state index is 0.389. The van der Waals surface area contributed by atoms with Crippen molar-refractivity contribution in [2.75, 3.05) is 0 Å². The molecule has 0 saturated carbocycles. The van der Waals surface area contributed by atoms with Gasteiger partial charge in [0.05, 0.1) is 6.54 Å². The summed E-state index contributed by atoms with van der Waals surface area (Å²) in [5.74, 6) is 0.768. The topological polar surface area (TPSA) is 39.2 Å². The van der Waals surface area contributed by atoms with Crippen molar-refractivity contribution in [3.8, 4) is 11.1 Å². The van der Waals surface area contributed by atoms with Crippen molar-refractivity contribution < 1.29 is 4.42 Å². The molecule has 0 radical (unpaired) electrons. The van der Waals surface area contributed by atoms with Gasteiger partial charge in [-0.05, 0) is 23.8 Å². The lowest BCUT2D eigenvalue weighted by atomic mass is 10.0. The Morgan fingerprint density at radius 3 is 2.56 bits per heavy atom. The van der Waals surface area contributed by atoms with Crippen LogP contribution >= 0.6 is 11.6 Å². The highest BCUT2D eigenvalue weighted by Crippen LogP contribution is 2.33. The number of hydrogen-bond donors (Lipinski definition) is 1. The van der Waals surface area contributed by atoms with Crippen molar-refractivity contribution in [3.63, 3.8) is 0 Å². The molecule has 3 rings (SSSR count). The van der Waals surface area contributed by atoms with E-state index in [-0.39, 0.29) is 0 Å². The molecule has 0 spiro atoms. The highest BCUT2D eigenvalue weighted by atomic mass is 35.5. The van der Waals surface area contributed by atoms with Crippen LogP contribution in [-0.4, -0.2) is 0 Å². The van der Waals surface area contributed by atoms with Crippen molar-refractivity contribution in [2.45, 2.75) is 6.54 Å². The fraction of sp³-hybridized carbons (Fsp3) is 0.0667. The van der Waals surface area contributed by atoms with Gasteiger partial charge in [0.1, 0.15) is 11.3 Å². The van der Waals surface area contributed by atoms with Crippen molar-refractivity contribution in [2.24, 2.45) is 5.73 Å². The highest BCUT2D eigenvalue weighted by molar-refractivity contribution is 6.31. The van der Waals surface area contributed by atoms with Crippen LogP contribution in [0.3, 0.4) is 0 Å². The van der Waals surface area contributed by atoms with E-state index in [1.54, 1.807) is 0 Å². The summed E-state index contributed by atoms with van der Waals surface area (Å²) in [7, 11) is 0. The molecule has 18 heavy (non-hydrogen) atoms. The Balaban J connectivity index is 2.30. The molecular weight excluding hydrogens is 246 g/mol. The van der Waals surface area contributed by atoms with E-state index in [2.05, 4.69) is 0 Å². The molecule has 2 aromatic carbocycles. The Morgan fingerprint density at radius 1 is 1.06 bits per heavy atom. The van der Waals surface area contributed by atoms with E-state index in [9.17, 15) is 0 Å². The molecule has 0 aliphatic carbocycles. The fourth-order valence-electron chi connectivity index (χ4n) is 2.10. The Kier molecular flexibility index (Phi) is 2.82. The van der Waals surface area contributed by atoms with Crippen molar-refractivity contribution in [1.29, 1.82) is 0 Å². The summed E-state index contributed by atoms with van der Waals surface area (Å²) in [6, 6.07) is 15.8. The van der Waals surface area contributed by atoms with Gasteiger partial charge in [-0.2, -0.15) is 0 Å². The van der Waals surface area contributed by atoms with Crippen molar-refractivity contribution >= 4 is 22.6 Å². The molecule has 1 heterocycles. The molecule has 0 unspecified atom stereocenters. The normalized spacial score (nSPS) is 11.0. The summed E-state index contributed by atoms with van der Waals surface area (Å²) >= 11 is 6.15. The third-order valence-electron chi connectivity index (χ3n) is 2.92. The van der Waals surface area contributed by atoms with Crippen LogP contribution in [0.2, 0.25) is 5.02 Å². The van der Waals surface area contributed by atoms with Crippen LogP contribution in [-0.2, 0) is 6.54 Å². The van der Waals surface area contributed by atoms with Gasteiger partial charge in [0.15, 0.2) is 0 Å². The molecule has 0 atom stereocenters. The molecule has 0 amide bonds. The van der Waals surface area contributed by atoms with Crippen molar-refractivity contribution in [1.82, 2.24) is 0 Å². The molecule has 0 bridgehead atoms. The zero-order chi connectivity index (χ0) is 12.5. The Labute approximate surface area is 110 Å². The standard InChI is InChI=1S/C15H12ClNO/c16-12-6-11-7-13(9-17)18-15(11)14(8-12)10-4-2-1-3-5-10/h1-8H,9,17H2. The van der Waals surface area contributed by atoms with Crippen LogP contribution in [0.4, 0.5) is 0 Å². The number of hydrogen-bond acceptors (Lipinski definition) is 2. The molecule has 3 heteroatoms. The molecule has 0 saturated heterocycles. The minimum atomic E-state index is 0.389. The number of benzene rings is 2. The highest BCUT2D eigenvalue weighted by Gasteiger charge is 2.10. The van der Waals surface area contributed by atoms with Crippen molar-refractivity contribution in [3.05, 3.63) is 59.3 Å². The molecule has 3 aromatic rings. The van der Waals surface area contributed by atoms with Gasteiger partial charge in [-0.15, -0.1) is 0 Å². The van der Waals surface area contributed by atoms with E-state index in [0.717, 1.165) is 27.9 Å². The maximum atomic E-state index is 6.15. The summed E-state index contributed by atoms with van der Waals surface area (Å²) in [6.07, 6.45) is 0. The SMILES string of the molecule is NCc1cc2cc(Cl)cc(-c3ccccc3)c2o1. The number of nitrogens with two attached hydrogens (primary N) is 1. The first-order valence-corrected chi connectivity index (χ1v) is 6.13. The third kappa shape index (κ3) is 1.90. The van der Waals surface area contributed by atoms with Crippen LogP contribution in [0.15, 0.2) is 52.9 Å². The molecule has 0 fully saturated rings. The lowest BCUT2D eigenvalue weighted by Crippen LogP contribution is -1.92. The zero-order valence-corrected chi connectivity index (χ0v) is 10.4. The molecule has 2 N–H and O–H groups in total. The fourth-order valence-corrected chi connectivity index (χ4v) is 2.33. The van der Waals surface area contributed by atoms with Crippen LogP contribution < -0.4 is 5.73 Å². The van der Waals surface area contributed by atoms with E-state index in [1.165, 1.54) is 0 Å². The smallest absolute Gasteiger partial charge is 0.142 e. The van der Waals surface area contributed by atoms with Gasteiger partial charge < -0.3 is 10.2 Å². The lowest BCUT2D eigenvalue weighted by Gasteiger charge is -2.03. The summed E-state index contributed by atoms with van der Waals surface area (Å²) in [5, 5.41) is 1.69. The van der Waals surface area contributed by atoms with Crippen LogP contribution in [0.1, 0.15) is 5.76 Å². The molecule has 2 nitrogen and oxygen atoms in total. The Hall–Kier alpha value is -1.77. The van der Waals surface area contributed by atoms with Gasteiger partial charge in [0.2, 0.25) is 0 Å². The number of furan rings is 1. The monoisotopic (exact) mass is 257 g/mol. The molecule has 0 aliphatic rings. The quantitative estimate of drug-likeness (QED) is 0.747. The average molecular weight is 258 g/mol. The van der Waals surface area contributed by atoms with Gasteiger partial charge >= 0.3 is 0 Å².